The Morgan fingerprint density at radius 3 is 2.36 bits per heavy atom. The summed E-state index contributed by atoms with van der Waals surface area (Å²) in [6.07, 6.45) is 5.08. The van der Waals surface area contributed by atoms with Gasteiger partial charge in [-0.3, -0.25) is 20.4 Å². The highest BCUT2D eigenvalue weighted by molar-refractivity contribution is 7.89. The predicted molar refractivity (Wildman–Crippen MR) is 104 cm³/mol. The smallest absolute Gasteiger partial charge is 0.286 e. The van der Waals surface area contributed by atoms with Gasteiger partial charge in [-0.1, -0.05) is 18.6 Å². The van der Waals surface area contributed by atoms with Gasteiger partial charge in [0.05, 0.1) is 4.90 Å². The number of aromatic amines is 1. The molecule has 9 heteroatoms. The van der Waals surface area contributed by atoms with E-state index in [2.05, 4.69) is 15.8 Å². The molecule has 0 spiro atoms. The second-order valence-corrected chi connectivity index (χ2v) is 8.63. The lowest BCUT2D eigenvalue weighted by Crippen LogP contribution is -2.41. The Morgan fingerprint density at radius 1 is 1.00 bits per heavy atom. The first-order valence-electron chi connectivity index (χ1n) is 9.28. The molecule has 28 heavy (non-hydrogen) atoms. The van der Waals surface area contributed by atoms with Gasteiger partial charge in [-0.05, 0) is 49.1 Å². The monoisotopic (exact) mass is 404 g/mol. The number of aryl methyl sites for hydroxylation is 1. The SMILES string of the molecule is O=C(CCc1ccc(S(=O)(=O)N2CCCCC2)cc1)NNC(=O)c1ccc[nH]1. The van der Waals surface area contributed by atoms with Crippen molar-refractivity contribution in [1.29, 1.82) is 0 Å². The number of nitrogens with one attached hydrogen (secondary N) is 3. The maximum absolute atomic E-state index is 12.6. The molecule has 3 N–H and O–H groups in total. The molecule has 0 atom stereocenters. The Labute approximate surface area is 164 Å². The number of carbonyl (C=O) groups excluding carboxylic acids is 2. The molecule has 1 aromatic heterocycles. The molecule has 1 fully saturated rings. The number of rotatable bonds is 6. The summed E-state index contributed by atoms with van der Waals surface area (Å²) < 4.78 is 26.8. The molecule has 0 saturated carbocycles. The van der Waals surface area contributed by atoms with Crippen LogP contribution in [0.15, 0.2) is 47.5 Å². The standard InChI is InChI=1S/C19H24N4O4S/c24-18(21-22-19(25)17-5-4-12-20-17)11-8-15-6-9-16(10-7-15)28(26,27)23-13-2-1-3-14-23/h4-7,9-10,12,20H,1-3,8,11,13-14H2,(H,21,24)(H,22,25). The van der Waals surface area contributed by atoms with Crippen molar-refractivity contribution in [3.05, 3.63) is 53.9 Å². The average Bonchev–Trinajstić information content (AvgIpc) is 3.26. The minimum atomic E-state index is -3.45. The fraction of sp³-hybridized carbons (Fsp3) is 0.368. The quantitative estimate of drug-likeness (QED) is 0.635. The maximum atomic E-state index is 12.6. The van der Waals surface area contributed by atoms with Gasteiger partial charge in [0.25, 0.3) is 5.91 Å². The molecule has 1 saturated heterocycles. The Hall–Kier alpha value is -2.65. The molecule has 1 aliphatic rings. The van der Waals surface area contributed by atoms with Crippen molar-refractivity contribution in [3.63, 3.8) is 0 Å². The van der Waals surface area contributed by atoms with Crippen LogP contribution in [-0.4, -0.2) is 42.6 Å². The van der Waals surface area contributed by atoms with E-state index in [1.165, 1.54) is 4.31 Å². The summed E-state index contributed by atoms with van der Waals surface area (Å²) in [4.78, 5) is 26.6. The van der Waals surface area contributed by atoms with E-state index in [4.69, 9.17) is 0 Å². The summed E-state index contributed by atoms with van der Waals surface area (Å²) >= 11 is 0. The summed E-state index contributed by atoms with van der Waals surface area (Å²) in [6.45, 7) is 1.14. The molecular formula is C19H24N4O4S. The molecule has 8 nitrogen and oxygen atoms in total. The third-order valence-electron chi connectivity index (χ3n) is 4.67. The van der Waals surface area contributed by atoms with Crippen molar-refractivity contribution in [1.82, 2.24) is 20.1 Å². The van der Waals surface area contributed by atoms with E-state index >= 15 is 0 Å². The maximum Gasteiger partial charge on any atom is 0.286 e. The first-order valence-corrected chi connectivity index (χ1v) is 10.7. The van der Waals surface area contributed by atoms with Gasteiger partial charge in [0.15, 0.2) is 0 Å². The minimum absolute atomic E-state index is 0.170. The fourth-order valence-electron chi connectivity index (χ4n) is 3.07. The highest BCUT2D eigenvalue weighted by atomic mass is 32.2. The van der Waals surface area contributed by atoms with Crippen LogP contribution in [0.2, 0.25) is 0 Å². The van der Waals surface area contributed by atoms with E-state index in [1.807, 2.05) is 0 Å². The molecule has 1 aliphatic heterocycles. The van der Waals surface area contributed by atoms with Crippen LogP contribution in [-0.2, 0) is 21.2 Å². The van der Waals surface area contributed by atoms with Crippen molar-refractivity contribution in [2.45, 2.75) is 37.0 Å². The van der Waals surface area contributed by atoms with E-state index in [9.17, 15) is 18.0 Å². The lowest BCUT2D eigenvalue weighted by molar-refractivity contribution is -0.121. The van der Waals surface area contributed by atoms with E-state index < -0.39 is 15.9 Å². The molecule has 0 radical (unpaired) electrons. The van der Waals surface area contributed by atoms with Crippen molar-refractivity contribution < 1.29 is 18.0 Å². The average molecular weight is 404 g/mol. The second kappa shape index (κ2) is 9.03. The molecular weight excluding hydrogens is 380 g/mol. The Kier molecular flexibility index (Phi) is 6.48. The van der Waals surface area contributed by atoms with Gasteiger partial charge < -0.3 is 4.98 Å². The number of nitrogens with zero attached hydrogens (tertiary/aromatic N) is 1. The number of hydrazine groups is 1. The van der Waals surface area contributed by atoms with Gasteiger partial charge in [-0.25, -0.2) is 8.42 Å². The number of H-pyrrole nitrogens is 1. The number of benzene rings is 1. The number of hydrogen-bond acceptors (Lipinski definition) is 4. The van der Waals surface area contributed by atoms with Crippen molar-refractivity contribution >= 4 is 21.8 Å². The molecule has 0 aliphatic carbocycles. The zero-order chi connectivity index (χ0) is 20.0. The largest absolute Gasteiger partial charge is 0.357 e. The lowest BCUT2D eigenvalue weighted by Gasteiger charge is -2.25. The van der Waals surface area contributed by atoms with Crippen LogP contribution in [0.25, 0.3) is 0 Å². The van der Waals surface area contributed by atoms with Gasteiger partial charge >= 0.3 is 0 Å². The second-order valence-electron chi connectivity index (χ2n) is 6.69. The van der Waals surface area contributed by atoms with Gasteiger partial charge in [0.1, 0.15) is 5.69 Å². The van der Waals surface area contributed by atoms with Crippen LogP contribution in [0.3, 0.4) is 0 Å². The Bertz CT molecular complexity index is 902. The van der Waals surface area contributed by atoms with Crippen LogP contribution in [0, 0.1) is 0 Å². The van der Waals surface area contributed by atoms with Gasteiger partial charge in [-0.15, -0.1) is 0 Å². The highest BCUT2D eigenvalue weighted by Crippen LogP contribution is 2.21. The summed E-state index contributed by atoms with van der Waals surface area (Å²) in [6, 6.07) is 9.91. The zero-order valence-electron chi connectivity index (χ0n) is 15.5. The fourth-order valence-corrected chi connectivity index (χ4v) is 4.59. The van der Waals surface area contributed by atoms with E-state index in [0.29, 0.717) is 25.2 Å². The lowest BCUT2D eigenvalue weighted by atomic mass is 10.1. The van der Waals surface area contributed by atoms with Crippen molar-refractivity contribution in [3.8, 4) is 0 Å². The number of amides is 2. The first-order chi connectivity index (χ1) is 13.5. The summed E-state index contributed by atoms with van der Waals surface area (Å²) in [5.74, 6) is -0.754. The number of aromatic nitrogens is 1. The van der Waals surface area contributed by atoms with Crippen molar-refractivity contribution in [2.24, 2.45) is 0 Å². The van der Waals surface area contributed by atoms with Crippen LogP contribution >= 0.6 is 0 Å². The van der Waals surface area contributed by atoms with Gasteiger partial charge in [0, 0.05) is 25.7 Å². The van der Waals surface area contributed by atoms with E-state index in [-0.39, 0.29) is 17.2 Å². The highest BCUT2D eigenvalue weighted by Gasteiger charge is 2.25. The van der Waals surface area contributed by atoms with Crippen LogP contribution < -0.4 is 10.9 Å². The van der Waals surface area contributed by atoms with Crippen LogP contribution in [0.5, 0.6) is 0 Å². The normalized spacial score (nSPS) is 15.1. The minimum Gasteiger partial charge on any atom is -0.357 e. The molecule has 3 rings (SSSR count). The molecule has 1 aromatic carbocycles. The Balaban J connectivity index is 1.48. The summed E-state index contributed by atoms with van der Waals surface area (Å²) in [7, 11) is -3.45. The molecule has 2 amide bonds. The van der Waals surface area contributed by atoms with Crippen LogP contribution in [0.1, 0.15) is 41.7 Å². The van der Waals surface area contributed by atoms with Crippen molar-refractivity contribution in [2.75, 3.05) is 13.1 Å². The number of piperidine rings is 1. The summed E-state index contributed by atoms with van der Waals surface area (Å²) in [5.41, 5.74) is 5.89. The van der Waals surface area contributed by atoms with E-state index in [0.717, 1.165) is 24.8 Å². The molecule has 2 aromatic rings. The Morgan fingerprint density at radius 2 is 1.71 bits per heavy atom. The van der Waals surface area contributed by atoms with Gasteiger partial charge in [-0.2, -0.15) is 4.31 Å². The third kappa shape index (κ3) is 4.99. The first kappa shape index (κ1) is 20.1. The molecule has 150 valence electrons. The molecule has 2 heterocycles. The van der Waals surface area contributed by atoms with Gasteiger partial charge in [0.2, 0.25) is 15.9 Å². The molecule has 0 unspecified atom stereocenters. The number of carbonyl (C=O) groups is 2. The summed E-state index contributed by atoms with van der Waals surface area (Å²) in [5, 5.41) is 0. The molecule has 0 bridgehead atoms. The number of sulfonamides is 1. The zero-order valence-corrected chi connectivity index (χ0v) is 16.3. The third-order valence-corrected chi connectivity index (χ3v) is 6.59. The van der Waals surface area contributed by atoms with E-state index in [1.54, 1.807) is 42.6 Å². The predicted octanol–water partition coefficient (Wildman–Crippen LogP) is 1.58. The number of hydrogen-bond donors (Lipinski definition) is 3. The topological polar surface area (TPSA) is 111 Å². The van der Waals surface area contributed by atoms with Crippen LogP contribution in [0.4, 0.5) is 0 Å².